The van der Waals surface area contributed by atoms with Crippen molar-refractivity contribution in [2.24, 2.45) is 33.4 Å². The molecule has 9 N–H and O–H groups in total. The molecule has 36 heavy (non-hydrogen) atoms. The van der Waals surface area contributed by atoms with Crippen LogP contribution >= 0.6 is 0 Å². The van der Waals surface area contributed by atoms with Crippen molar-refractivity contribution in [1.82, 2.24) is 0 Å². The Kier molecular flexibility index (Phi) is 20.0. The summed E-state index contributed by atoms with van der Waals surface area (Å²) in [5.41, 5.74) is 16.4. The molecular formula is C27H57N3O6. The third kappa shape index (κ3) is 22.7. The van der Waals surface area contributed by atoms with Crippen LogP contribution in [0.5, 0.6) is 0 Å². The largest absolute Gasteiger partial charge is 0.480 e. The molecule has 9 heteroatoms. The summed E-state index contributed by atoms with van der Waals surface area (Å²) < 4.78 is 0. The monoisotopic (exact) mass is 519 g/mol. The van der Waals surface area contributed by atoms with E-state index in [-0.39, 0.29) is 16.2 Å². The zero-order chi connectivity index (χ0) is 29.3. The molecule has 0 aliphatic carbocycles. The lowest BCUT2D eigenvalue weighted by Gasteiger charge is -2.25. The van der Waals surface area contributed by atoms with Gasteiger partial charge in [0, 0.05) is 0 Å². The van der Waals surface area contributed by atoms with E-state index < -0.39 is 36.0 Å². The van der Waals surface area contributed by atoms with E-state index in [2.05, 4.69) is 62.3 Å². The Balaban J connectivity index is -0.000000454. The Morgan fingerprint density at radius 3 is 0.806 bits per heavy atom. The molecule has 0 fully saturated rings. The molecule has 0 spiro atoms. The number of rotatable bonds is 15. The fourth-order valence-electron chi connectivity index (χ4n) is 4.38. The van der Waals surface area contributed by atoms with Crippen molar-refractivity contribution < 1.29 is 29.7 Å². The Bertz CT molecular complexity index is 549. The van der Waals surface area contributed by atoms with Crippen molar-refractivity contribution in [3.63, 3.8) is 0 Å². The van der Waals surface area contributed by atoms with Crippen LogP contribution in [0.15, 0.2) is 0 Å². The summed E-state index contributed by atoms with van der Waals surface area (Å²) in [6.45, 7) is 18.6. The molecule has 216 valence electrons. The molecule has 3 atom stereocenters. The Morgan fingerprint density at radius 1 is 0.528 bits per heavy atom. The van der Waals surface area contributed by atoms with Crippen LogP contribution in [0.4, 0.5) is 0 Å². The summed E-state index contributed by atoms with van der Waals surface area (Å²) in [7, 11) is 0. The van der Waals surface area contributed by atoms with Crippen LogP contribution in [-0.2, 0) is 14.4 Å². The molecule has 0 saturated carbocycles. The van der Waals surface area contributed by atoms with Crippen molar-refractivity contribution in [2.75, 3.05) is 0 Å². The van der Waals surface area contributed by atoms with E-state index in [4.69, 9.17) is 32.5 Å². The van der Waals surface area contributed by atoms with Crippen LogP contribution in [0.1, 0.15) is 120 Å². The molecule has 9 nitrogen and oxygen atoms in total. The number of carbonyl (C=O) groups is 3. The average Bonchev–Trinajstić information content (AvgIpc) is 2.67. The predicted octanol–water partition coefficient (Wildman–Crippen LogP) is 4.84. The minimum atomic E-state index is -0.904. The second-order valence-corrected chi connectivity index (χ2v) is 12.2. The molecule has 0 saturated heterocycles. The van der Waals surface area contributed by atoms with Crippen LogP contribution in [0.25, 0.3) is 0 Å². The van der Waals surface area contributed by atoms with Gasteiger partial charge in [-0.3, -0.25) is 14.4 Å². The molecule has 0 aromatic rings. The molecule has 0 amide bonds. The van der Waals surface area contributed by atoms with E-state index in [1.54, 1.807) is 0 Å². The van der Waals surface area contributed by atoms with E-state index >= 15 is 0 Å². The quantitative estimate of drug-likeness (QED) is 0.176. The van der Waals surface area contributed by atoms with Gasteiger partial charge in [0.1, 0.15) is 18.1 Å². The first-order valence-electron chi connectivity index (χ1n) is 13.1. The van der Waals surface area contributed by atoms with Gasteiger partial charge in [0.25, 0.3) is 0 Å². The highest BCUT2D eigenvalue weighted by Crippen LogP contribution is 2.29. The van der Waals surface area contributed by atoms with Crippen LogP contribution in [0, 0.1) is 16.2 Å². The Hall–Kier alpha value is -1.71. The topological polar surface area (TPSA) is 190 Å². The first-order valence-corrected chi connectivity index (χ1v) is 13.1. The zero-order valence-electron chi connectivity index (χ0n) is 24.4. The highest BCUT2D eigenvalue weighted by molar-refractivity contribution is 5.73. The number of carboxylic acid groups (broad SMARTS) is 3. The first kappa shape index (κ1) is 38.8. The summed E-state index contributed by atoms with van der Waals surface area (Å²) in [6, 6.07) is -2.15. The smallest absolute Gasteiger partial charge is 0.320 e. The van der Waals surface area contributed by atoms with Crippen LogP contribution in [0.3, 0.4) is 0 Å². The SMILES string of the molecule is CCCC(C)(C)CC(N)C(=O)O.CCCC(C)(C)C[C@@H](N)C(=O)O.CCCC(C)(C)C[C@H](N)C(=O)O. The summed E-state index contributed by atoms with van der Waals surface area (Å²) >= 11 is 0. The predicted molar refractivity (Wildman–Crippen MR) is 147 cm³/mol. The van der Waals surface area contributed by atoms with Gasteiger partial charge in [-0.15, -0.1) is 0 Å². The summed E-state index contributed by atoms with van der Waals surface area (Å²) in [5.74, 6) is -2.71. The summed E-state index contributed by atoms with van der Waals surface area (Å²) in [6.07, 6.45) is 7.93. The minimum Gasteiger partial charge on any atom is -0.480 e. The molecule has 0 rings (SSSR count). The number of aliphatic carboxylic acids is 3. The minimum absolute atomic E-state index is 0.0482. The molecule has 0 aliphatic heterocycles. The second kappa shape index (κ2) is 18.5. The molecule has 0 bridgehead atoms. The van der Waals surface area contributed by atoms with Crippen molar-refractivity contribution in [2.45, 2.75) is 138 Å². The lowest BCUT2D eigenvalue weighted by Crippen LogP contribution is -2.35. The van der Waals surface area contributed by atoms with Crippen LogP contribution < -0.4 is 17.2 Å². The van der Waals surface area contributed by atoms with Crippen molar-refractivity contribution in [3.05, 3.63) is 0 Å². The zero-order valence-corrected chi connectivity index (χ0v) is 24.4. The van der Waals surface area contributed by atoms with Gasteiger partial charge in [0.15, 0.2) is 0 Å². The number of hydrogen-bond donors (Lipinski definition) is 6. The van der Waals surface area contributed by atoms with Crippen molar-refractivity contribution in [1.29, 1.82) is 0 Å². The fourth-order valence-corrected chi connectivity index (χ4v) is 4.38. The second-order valence-electron chi connectivity index (χ2n) is 12.2. The Labute approximate surface area is 219 Å². The first-order chi connectivity index (χ1) is 16.2. The van der Waals surface area contributed by atoms with Gasteiger partial charge in [0.05, 0.1) is 0 Å². The highest BCUT2D eigenvalue weighted by Gasteiger charge is 2.25. The van der Waals surface area contributed by atoms with Crippen LogP contribution in [-0.4, -0.2) is 51.4 Å². The maximum absolute atomic E-state index is 10.5. The lowest BCUT2D eigenvalue weighted by atomic mass is 9.82. The number of carboxylic acids is 3. The summed E-state index contributed by atoms with van der Waals surface area (Å²) in [4.78, 5) is 31.4. The lowest BCUT2D eigenvalue weighted by molar-refractivity contribution is -0.140. The van der Waals surface area contributed by atoms with Gasteiger partial charge in [0.2, 0.25) is 0 Å². The fraction of sp³-hybridized carbons (Fsp3) is 0.889. The van der Waals surface area contributed by atoms with Crippen molar-refractivity contribution >= 4 is 17.9 Å². The molecule has 0 aromatic carbocycles. The van der Waals surface area contributed by atoms with E-state index in [1.165, 1.54) is 0 Å². The third-order valence-corrected chi connectivity index (χ3v) is 6.05. The molecule has 0 radical (unpaired) electrons. The third-order valence-electron chi connectivity index (χ3n) is 6.05. The molecule has 0 heterocycles. The molecule has 0 aromatic heterocycles. The van der Waals surface area contributed by atoms with Gasteiger partial charge in [-0.1, -0.05) is 81.6 Å². The van der Waals surface area contributed by atoms with Gasteiger partial charge < -0.3 is 32.5 Å². The molecule has 0 aliphatic rings. The van der Waals surface area contributed by atoms with Crippen molar-refractivity contribution in [3.8, 4) is 0 Å². The number of nitrogens with two attached hydrogens (primary N) is 3. The highest BCUT2D eigenvalue weighted by atomic mass is 16.4. The van der Waals surface area contributed by atoms with E-state index in [0.29, 0.717) is 19.3 Å². The van der Waals surface area contributed by atoms with Gasteiger partial charge in [-0.05, 0) is 54.8 Å². The molecular weight excluding hydrogens is 462 g/mol. The normalized spacial score (nSPS) is 14.3. The Morgan fingerprint density at radius 2 is 0.694 bits per heavy atom. The van der Waals surface area contributed by atoms with Crippen LogP contribution in [0.2, 0.25) is 0 Å². The van der Waals surface area contributed by atoms with Gasteiger partial charge in [-0.25, -0.2) is 0 Å². The van der Waals surface area contributed by atoms with Gasteiger partial charge >= 0.3 is 17.9 Å². The summed E-state index contributed by atoms with van der Waals surface area (Å²) in [5, 5.41) is 25.8. The van der Waals surface area contributed by atoms with E-state index in [1.807, 2.05) is 0 Å². The average molecular weight is 520 g/mol. The number of hydrogen-bond acceptors (Lipinski definition) is 6. The maximum atomic E-state index is 10.5. The van der Waals surface area contributed by atoms with Gasteiger partial charge in [-0.2, -0.15) is 0 Å². The van der Waals surface area contributed by atoms with E-state index in [9.17, 15) is 14.4 Å². The van der Waals surface area contributed by atoms with E-state index in [0.717, 1.165) is 38.5 Å². The standard InChI is InChI=1S/3C9H19NO2/c3*1-4-5-9(2,3)6-7(10)8(11)12/h3*7H,4-6,10H2,1-3H3,(H,11,12)/t2*7-;/m10./s1. The maximum Gasteiger partial charge on any atom is 0.320 e. The molecule has 1 unspecified atom stereocenters.